The predicted octanol–water partition coefficient (Wildman–Crippen LogP) is 20.6. The highest BCUT2D eigenvalue weighted by Crippen LogP contribution is 2.55. The first kappa shape index (κ1) is 81.3. The van der Waals surface area contributed by atoms with Gasteiger partial charge < -0.3 is 60.2 Å². The van der Waals surface area contributed by atoms with Crippen LogP contribution in [0.15, 0.2) is 133 Å². The number of benzene rings is 10. The number of ether oxygens (including phenoxy) is 3. The van der Waals surface area contributed by atoms with Crippen LogP contribution in [0.5, 0.6) is 51.7 Å². The van der Waals surface area contributed by atoms with Crippen molar-refractivity contribution >= 4 is 17.9 Å². The van der Waals surface area contributed by atoms with Crippen molar-refractivity contribution in [2.75, 3.05) is 19.8 Å². The van der Waals surface area contributed by atoms with E-state index >= 15 is 0 Å². The molecule has 0 bridgehead atoms. The van der Waals surface area contributed by atoms with Crippen molar-refractivity contribution in [3.8, 4) is 51.7 Å². The number of rotatable bonds is 26. The Morgan fingerprint density at radius 2 is 0.473 bits per heavy atom. The van der Waals surface area contributed by atoms with E-state index in [0.29, 0.717) is 78.4 Å². The topological polar surface area (TPSA) is 261 Å². The highest BCUT2D eigenvalue weighted by atomic mass is 16.5. The number of hydrogen-bond donors (Lipinski definition) is 9. The monoisotopic (exact) mass is 1490 g/mol. The molecule has 0 spiro atoms. The SMILES string of the molecule is Cc1cc(C(c2cc(C)c(O)cc2C)c2cc(C(C)(C)c3ccc(C(C)(c4cc(C(C)C)c(OCC(=O)O)c(C(c5cc(C)c(O)cc5C)c5cc(C)c(O)cc5C)c4)c4cc(C(C)C)c(OCC(=O)O)c(C(c5cc(C)c(O)cc5C)c5cc(C)c(O)cc5C)c4)cc3)cc(C(C)C)c2OCC(=O)O)c(C)cc1O. The highest BCUT2D eigenvalue weighted by Gasteiger charge is 2.41. The third kappa shape index (κ3) is 16.0. The standard InChI is InChI=1S/C95H106O15/c1-47(2)67-38-64(39-76(91(67)108-44-85(102)103)88(70-26-56(13)79(96)32-50(70)7)71-27-57(14)80(97)33-51(71)8)94(19,20)62-22-24-63(25-23-62)95(21,65-40-68(48(3)4)92(109-45-86(104)105)77(42-65)89(72-28-58(15)81(98)34-52(72)9)73-29-59(16)82(99)35-53(73)10)66-41-69(49(5)6)93(110-46-87(106)107)78(43-66)90(74-30-60(17)83(100)36-54(74)11)75-31-61(18)84(101)37-55(75)12/h22-43,47-49,88-90,96-101H,44-46H2,1-21H3,(H,102,103)(H,104,105)(H,106,107). The summed E-state index contributed by atoms with van der Waals surface area (Å²) >= 11 is 0. The molecule has 0 aliphatic heterocycles. The van der Waals surface area contributed by atoms with E-state index in [1.807, 2.05) is 161 Å². The predicted molar refractivity (Wildman–Crippen MR) is 433 cm³/mol. The van der Waals surface area contributed by atoms with Gasteiger partial charge in [0.05, 0.1) is 0 Å². The molecule has 15 nitrogen and oxygen atoms in total. The molecule has 10 aromatic carbocycles. The van der Waals surface area contributed by atoms with E-state index in [-0.39, 0.29) is 52.3 Å². The van der Waals surface area contributed by atoms with Gasteiger partial charge in [0.1, 0.15) is 51.7 Å². The van der Waals surface area contributed by atoms with Crippen molar-refractivity contribution < 1.29 is 74.6 Å². The van der Waals surface area contributed by atoms with Crippen LogP contribution in [0.2, 0.25) is 0 Å². The van der Waals surface area contributed by atoms with Gasteiger partial charge in [-0.25, -0.2) is 14.4 Å². The molecule has 15 heteroatoms. The largest absolute Gasteiger partial charge is 0.508 e. The van der Waals surface area contributed by atoms with Crippen LogP contribution in [0.4, 0.5) is 0 Å². The van der Waals surface area contributed by atoms with E-state index < -0.39 is 66.3 Å². The smallest absolute Gasteiger partial charge is 0.341 e. The maximum absolute atomic E-state index is 13.0. The molecule has 0 amide bonds. The second-order valence-electron chi connectivity index (χ2n) is 32.1. The lowest BCUT2D eigenvalue weighted by atomic mass is 9.66. The van der Waals surface area contributed by atoms with Gasteiger partial charge in [-0.05, 0) is 301 Å². The number of hydrogen-bond acceptors (Lipinski definition) is 12. The normalized spacial score (nSPS) is 12.0. The summed E-state index contributed by atoms with van der Waals surface area (Å²) in [5, 5.41) is 99.5. The number of phenols is 6. The summed E-state index contributed by atoms with van der Waals surface area (Å²) in [6.45, 7) is 39.3. The lowest BCUT2D eigenvalue weighted by Crippen LogP contribution is -2.28. The van der Waals surface area contributed by atoms with E-state index in [4.69, 9.17) is 14.2 Å². The van der Waals surface area contributed by atoms with Crippen molar-refractivity contribution in [3.05, 3.63) is 295 Å². The molecule has 110 heavy (non-hydrogen) atoms. The summed E-state index contributed by atoms with van der Waals surface area (Å²) in [5.41, 5.74) is 19.0. The first-order valence-electron chi connectivity index (χ1n) is 37.6. The van der Waals surface area contributed by atoms with Crippen LogP contribution in [0, 0.1) is 83.1 Å². The zero-order chi connectivity index (χ0) is 80.9. The van der Waals surface area contributed by atoms with E-state index in [1.165, 1.54) is 0 Å². The third-order valence-corrected chi connectivity index (χ3v) is 22.7. The van der Waals surface area contributed by atoms with Crippen LogP contribution in [0.25, 0.3) is 0 Å². The first-order valence-corrected chi connectivity index (χ1v) is 37.6. The summed E-state index contributed by atoms with van der Waals surface area (Å²) in [4.78, 5) is 38.6. The van der Waals surface area contributed by atoms with Gasteiger partial charge in [-0.2, -0.15) is 0 Å². The fraction of sp³-hybridized carbons (Fsp3) is 0.337. The Morgan fingerprint density at radius 1 is 0.273 bits per heavy atom. The van der Waals surface area contributed by atoms with Crippen LogP contribution >= 0.6 is 0 Å². The van der Waals surface area contributed by atoms with Gasteiger partial charge in [0.15, 0.2) is 19.8 Å². The fourth-order valence-electron chi connectivity index (χ4n) is 16.0. The molecule has 10 aromatic rings. The Hall–Kier alpha value is -11.2. The average Bonchev–Trinajstić information content (AvgIpc) is 0.720. The lowest BCUT2D eigenvalue weighted by Gasteiger charge is -2.37. The molecule has 0 aliphatic carbocycles. The van der Waals surface area contributed by atoms with Crippen molar-refractivity contribution in [2.24, 2.45) is 0 Å². The molecule has 0 saturated heterocycles. The summed E-state index contributed by atoms with van der Waals surface area (Å²) < 4.78 is 19.9. The number of carboxylic acid groups (broad SMARTS) is 3. The molecule has 0 saturated carbocycles. The number of phenolic OH excluding ortho intramolecular Hbond substituents is 6. The summed E-state index contributed by atoms with van der Waals surface area (Å²) in [6.07, 6.45) is 0. The van der Waals surface area contributed by atoms with Crippen molar-refractivity contribution in [1.82, 2.24) is 0 Å². The number of carboxylic acids is 3. The van der Waals surface area contributed by atoms with Crippen LogP contribution in [-0.2, 0) is 25.2 Å². The van der Waals surface area contributed by atoms with Gasteiger partial charge in [0.2, 0.25) is 0 Å². The molecule has 0 atom stereocenters. The van der Waals surface area contributed by atoms with Crippen LogP contribution < -0.4 is 14.2 Å². The minimum atomic E-state index is -1.28. The van der Waals surface area contributed by atoms with Crippen molar-refractivity contribution in [3.63, 3.8) is 0 Å². The molecular weight excluding hydrogens is 1380 g/mol. The molecule has 0 unspecified atom stereocenters. The zero-order valence-electron chi connectivity index (χ0n) is 67.3. The van der Waals surface area contributed by atoms with E-state index in [2.05, 4.69) is 81.4 Å². The Morgan fingerprint density at radius 3 is 0.691 bits per heavy atom. The lowest BCUT2D eigenvalue weighted by molar-refractivity contribution is -0.140. The maximum Gasteiger partial charge on any atom is 0.341 e. The number of aromatic hydroxyl groups is 6. The molecule has 0 radical (unpaired) electrons. The van der Waals surface area contributed by atoms with Gasteiger partial charge in [0.25, 0.3) is 0 Å². The Balaban J connectivity index is 1.37. The molecule has 0 heterocycles. The maximum atomic E-state index is 13.0. The van der Waals surface area contributed by atoms with Gasteiger partial charge in [0, 0.05) is 45.3 Å². The third-order valence-electron chi connectivity index (χ3n) is 22.7. The summed E-state index contributed by atoms with van der Waals surface area (Å²) in [5.74, 6) is -4.73. The highest BCUT2D eigenvalue weighted by molar-refractivity contribution is 5.73. The Kier molecular flexibility index (Phi) is 23.5. The fourth-order valence-corrected chi connectivity index (χ4v) is 16.0. The molecule has 576 valence electrons. The number of aliphatic carboxylic acids is 3. The van der Waals surface area contributed by atoms with Crippen molar-refractivity contribution in [1.29, 1.82) is 0 Å². The van der Waals surface area contributed by atoms with Crippen LogP contribution in [-0.4, -0.2) is 83.7 Å². The Bertz CT molecular complexity index is 4890. The molecule has 10 rings (SSSR count). The van der Waals surface area contributed by atoms with Gasteiger partial charge >= 0.3 is 17.9 Å². The van der Waals surface area contributed by atoms with E-state index in [1.54, 1.807) is 36.4 Å². The first-order chi connectivity index (χ1) is 51.5. The van der Waals surface area contributed by atoms with Crippen molar-refractivity contribution in [2.45, 2.75) is 192 Å². The molecule has 0 aliphatic rings. The van der Waals surface area contributed by atoms with Gasteiger partial charge in [-0.3, -0.25) is 0 Å². The van der Waals surface area contributed by atoms with Gasteiger partial charge in [-0.15, -0.1) is 0 Å². The summed E-state index contributed by atoms with van der Waals surface area (Å²) in [7, 11) is 0. The molecular formula is C95H106O15. The second kappa shape index (κ2) is 31.8. The summed E-state index contributed by atoms with van der Waals surface area (Å²) in [6, 6.07) is 43.2. The average molecular weight is 1490 g/mol. The van der Waals surface area contributed by atoms with E-state index in [0.717, 1.165) is 100 Å². The number of carbonyl (C=O) groups is 3. The zero-order valence-corrected chi connectivity index (χ0v) is 67.3. The minimum Gasteiger partial charge on any atom is -0.508 e. The Labute approximate surface area is 647 Å². The molecule has 0 fully saturated rings. The quantitative estimate of drug-likeness (QED) is 0.0228. The number of aryl methyl sites for hydroxylation is 12. The van der Waals surface area contributed by atoms with Gasteiger partial charge in [-0.1, -0.05) is 140 Å². The van der Waals surface area contributed by atoms with E-state index in [9.17, 15) is 60.3 Å². The molecule has 0 aromatic heterocycles. The minimum absolute atomic E-state index is 0.0909. The van der Waals surface area contributed by atoms with Crippen LogP contribution in [0.3, 0.4) is 0 Å². The van der Waals surface area contributed by atoms with Crippen LogP contribution in [0.1, 0.15) is 259 Å². The molecule has 9 N–H and O–H groups in total. The second-order valence-corrected chi connectivity index (χ2v) is 32.1.